The third-order valence-corrected chi connectivity index (χ3v) is 4.77. The number of benzene rings is 2. The number of hydrogen-bond acceptors (Lipinski definition) is 4. The topological polar surface area (TPSA) is 84.1 Å². The Bertz CT molecular complexity index is 1090. The maximum atomic E-state index is 12.1. The summed E-state index contributed by atoms with van der Waals surface area (Å²) in [6, 6.07) is 16.4. The van der Waals surface area contributed by atoms with E-state index < -0.39 is 11.8 Å². The number of H-pyrrole nitrogens is 1. The molecule has 0 saturated carbocycles. The number of ether oxygens (including phenoxy) is 1. The van der Waals surface area contributed by atoms with Crippen LogP contribution in [0.25, 0.3) is 11.1 Å². The van der Waals surface area contributed by atoms with Crippen molar-refractivity contribution in [2.75, 3.05) is 13.2 Å². The summed E-state index contributed by atoms with van der Waals surface area (Å²) in [5.74, 6) is 5.83. The van der Waals surface area contributed by atoms with E-state index in [4.69, 9.17) is 4.74 Å². The van der Waals surface area contributed by atoms with E-state index >= 15 is 0 Å². The molecule has 3 aromatic rings. The average Bonchev–Trinajstić information content (AvgIpc) is 3.07. The number of amides is 1. The van der Waals surface area contributed by atoms with Crippen LogP contribution in [-0.2, 0) is 4.74 Å². The van der Waals surface area contributed by atoms with Gasteiger partial charge in [-0.15, -0.1) is 0 Å². The lowest BCUT2D eigenvalue weighted by Gasteiger charge is -2.14. The Kier molecular flexibility index (Phi) is 5.39. The minimum Gasteiger partial charge on any atom is -0.449 e. The lowest BCUT2D eigenvalue weighted by molar-refractivity contribution is 0.143. The SMILES string of the molecule is O=C(NCCC#Cc1cnc(=O)[nH]c1)OCC1c2ccccc2-c2ccccc21. The molecule has 1 amide bonds. The first-order valence-electron chi connectivity index (χ1n) is 9.35. The Morgan fingerprint density at radius 3 is 2.45 bits per heavy atom. The van der Waals surface area contributed by atoms with Crippen LogP contribution < -0.4 is 11.0 Å². The zero-order chi connectivity index (χ0) is 20.1. The van der Waals surface area contributed by atoms with Crippen molar-refractivity contribution in [1.82, 2.24) is 15.3 Å². The van der Waals surface area contributed by atoms with E-state index in [1.54, 1.807) is 0 Å². The molecule has 2 N–H and O–H groups in total. The van der Waals surface area contributed by atoms with E-state index in [1.165, 1.54) is 34.6 Å². The van der Waals surface area contributed by atoms with Gasteiger partial charge in [-0.2, -0.15) is 0 Å². The molecular weight excluding hydrogens is 366 g/mol. The Balaban J connectivity index is 1.29. The Hall–Kier alpha value is -3.85. The summed E-state index contributed by atoms with van der Waals surface area (Å²) in [5, 5.41) is 2.71. The van der Waals surface area contributed by atoms with Gasteiger partial charge in [0.15, 0.2) is 0 Å². The van der Waals surface area contributed by atoms with Crippen LogP contribution in [-0.4, -0.2) is 29.2 Å². The number of aromatic amines is 1. The third kappa shape index (κ3) is 4.19. The number of carbonyl (C=O) groups excluding carboxylic acids is 1. The van der Waals surface area contributed by atoms with E-state index in [1.807, 2.05) is 24.3 Å². The molecule has 0 unspecified atom stereocenters. The smallest absolute Gasteiger partial charge is 0.407 e. The summed E-state index contributed by atoms with van der Waals surface area (Å²) < 4.78 is 5.47. The summed E-state index contributed by atoms with van der Waals surface area (Å²) in [6.45, 7) is 0.662. The van der Waals surface area contributed by atoms with Crippen molar-refractivity contribution in [2.45, 2.75) is 12.3 Å². The summed E-state index contributed by atoms with van der Waals surface area (Å²) in [5.41, 5.74) is 4.97. The molecule has 29 heavy (non-hydrogen) atoms. The molecule has 1 aromatic heterocycles. The highest BCUT2D eigenvalue weighted by molar-refractivity contribution is 5.79. The second-order valence-corrected chi connectivity index (χ2v) is 6.61. The van der Waals surface area contributed by atoms with Gasteiger partial charge in [0, 0.05) is 31.3 Å². The monoisotopic (exact) mass is 385 g/mol. The molecule has 0 radical (unpaired) electrons. The first-order chi connectivity index (χ1) is 14.2. The molecule has 0 bridgehead atoms. The molecule has 0 fully saturated rings. The van der Waals surface area contributed by atoms with Gasteiger partial charge in [0.05, 0.1) is 5.56 Å². The van der Waals surface area contributed by atoms with Gasteiger partial charge in [-0.05, 0) is 22.3 Å². The van der Waals surface area contributed by atoms with Gasteiger partial charge in [0.1, 0.15) is 6.61 Å². The minimum atomic E-state index is -0.459. The summed E-state index contributed by atoms with van der Waals surface area (Å²) >= 11 is 0. The first kappa shape index (κ1) is 18.5. The first-order valence-corrected chi connectivity index (χ1v) is 9.35. The zero-order valence-electron chi connectivity index (χ0n) is 15.6. The van der Waals surface area contributed by atoms with E-state index in [0.717, 1.165) is 0 Å². The normalized spacial score (nSPS) is 11.7. The molecule has 1 heterocycles. The lowest BCUT2D eigenvalue weighted by atomic mass is 9.98. The van der Waals surface area contributed by atoms with Crippen LogP contribution in [0.4, 0.5) is 4.79 Å². The highest BCUT2D eigenvalue weighted by atomic mass is 16.5. The van der Waals surface area contributed by atoms with Crippen LogP contribution >= 0.6 is 0 Å². The number of carbonyl (C=O) groups is 1. The second-order valence-electron chi connectivity index (χ2n) is 6.61. The lowest BCUT2D eigenvalue weighted by Crippen LogP contribution is -2.26. The molecule has 1 aliphatic rings. The fraction of sp³-hybridized carbons (Fsp3) is 0.174. The van der Waals surface area contributed by atoms with Gasteiger partial charge in [0.25, 0.3) is 0 Å². The van der Waals surface area contributed by atoms with Crippen molar-refractivity contribution in [2.24, 2.45) is 0 Å². The number of nitrogens with one attached hydrogen (secondary N) is 2. The zero-order valence-corrected chi connectivity index (χ0v) is 15.6. The van der Waals surface area contributed by atoms with Crippen molar-refractivity contribution in [1.29, 1.82) is 0 Å². The molecule has 0 spiro atoms. The largest absolute Gasteiger partial charge is 0.449 e. The molecule has 144 valence electrons. The molecule has 1 aliphatic carbocycles. The standard InChI is InChI=1S/C23H19N3O3/c27-22-25-13-16(14-26-22)7-5-6-12-24-23(28)29-15-21-19-10-3-1-8-17(19)18-9-2-4-11-20(18)21/h1-4,8-11,13-14,21H,6,12,15H2,(H,24,28)(H,25,26,27). The molecule has 0 atom stereocenters. The number of alkyl carbamates (subject to hydrolysis) is 1. The molecule has 2 aromatic carbocycles. The predicted molar refractivity (Wildman–Crippen MR) is 109 cm³/mol. The molecule has 0 saturated heterocycles. The predicted octanol–water partition coefficient (Wildman–Crippen LogP) is 3.05. The van der Waals surface area contributed by atoms with Crippen molar-refractivity contribution in [3.05, 3.63) is 88.1 Å². The molecule has 6 nitrogen and oxygen atoms in total. The molecule has 6 heteroatoms. The van der Waals surface area contributed by atoms with Crippen molar-refractivity contribution < 1.29 is 9.53 Å². The number of nitrogens with zero attached hydrogens (tertiary/aromatic N) is 1. The second kappa shape index (κ2) is 8.44. The number of hydrogen-bond donors (Lipinski definition) is 2. The number of fused-ring (bicyclic) bond motifs is 3. The van der Waals surface area contributed by atoms with Gasteiger partial charge in [-0.3, -0.25) is 0 Å². The third-order valence-electron chi connectivity index (χ3n) is 4.77. The van der Waals surface area contributed by atoms with Crippen LogP contribution in [0.3, 0.4) is 0 Å². The van der Waals surface area contributed by atoms with E-state index in [-0.39, 0.29) is 12.5 Å². The van der Waals surface area contributed by atoms with Gasteiger partial charge in [0.2, 0.25) is 0 Å². The van der Waals surface area contributed by atoms with E-state index in [0.29, 0.717) is 18.5 Å². The maximum Gasteiger partial charge on any atom is 0.407 e. The van der Waals surface area contributed by atoms with Gasteiger partial charge in [-0.1, -0.05) is 60.4 Å². The molecule has 0 aliphatic heterocycles. The van der Waals surface area contributed by atoms with Gasteiger partial charge >= 0.3 is 11.8 Å². The van der Waals surface area contributed by atoms with Crippen LogP contribution in [0.5, 0.6) is 0 Å². The van der Waals surface area contributed by atoms with Crippen LogP contribution in [0.15, 0.2) is 65.7 Å². The minimum absolute atomic E-state index is 0.0423. The number of aromatic nitrogens is 2. The van der Waals surface area contributed by atoms with Crippen LogP contribution in [0.2, 0.25) is 0 Å². The maximum absolute atomic E-state index is 12.1. The average molecular weight is 385 g/mol. The van der Waals surface area contributed by atoms with Crippen molar-refractivity contribution in [3.8, 4) is 23.0 Å². The van der Waals surface area contributed by atoms with E-state index in [2.05, 4.69) is 51.4 Å². The Morgan fingerprint density at radius 2 is 1.79 bits per heavy atom. The highest BCUT2D eigenvalue weighted by Gasteiger charge is 2.28. The Labute approximate surface area is 168 Å². The van der Waals surface area contributed by atoms with Gasteiger partial charge in [-0.25, -0.2) is 14.6 Å². The van der Waals surface area contributed by atoms with Crippen LogP contribution in [0.1, 0.15) is 29.0 Å². The fourth-order valence-corrected chi connectivity index (χ4v) is 3.45. The summed E-state index contributed by atoms with van der Waals surface area (Å²) in [4.78, 5) is 29.0. The van der Waals surface area contributed by atoms with Gasteiger partial charge < -0.3 is 15.0 Å². The summed E-state index contributed by atoms with van der Waals surface area (Å²) in [7, 11) is 0. The summed E-state index contributed by atoms with van der Waals surface area (Å²) in [6.07, 6.45) is 2.91. The van der Waals surface area contributed by atoms with Crippen molar-refractivity contribution in [3.63, 3.8) is 0 Å². The molecular formula is C23H19N3O3. The number of rotatable bonds is 4. The van der Waals surface area contributed by atoms with E-state index in [9.17, 15) is 9.59 Å². The fourth-order valence-electron chi connectivity index (χ4n) is 3.45. The van der Waals surface area contributed by atoms with Crippen molar-refractivity contribution >= 4 is 6.09 Å². The molecule has 4 rings (SSSR count). The quantitative estimate of drug-likeness (QED) is 0.534. The highest BCUT2D eigenvalue weighted by Crippen LogP contribution is 2.44. The Morgan fingerprint density at radius 1 is 1.10 bits per heavy atom. The van der Waals surface area contributed by atoms with Crippen LogP contribution in [0, 0.1) is 11.8 Å².